The number of hydrogen-bond acceptors (Lipinski definition) is 4. The van der Waals surface area contributed by atoms with E-state index in [1.165, 1.54) is 5.56 Å². The summed E-state index contributed by atoms with van der Waals surface area (Å²) in [6.45, 7) is 2.04. The fourth-order valence-electron chi connectivity index (χ4n) is 2.86. The lowest BCUT2D eigenvalue weighted by atomic mass is 9.90. The zero-order valence-corrected chi connectivity index (χ0v) is 12.6. The van der Waals surface area contributed by atoms with E-state index in [2.05, 4.69) is 22.4 Å². The van der Waals surface area contributed by atoms with Crippen LogP contribution in [-0.2, 0) is 17.9 Å². The number of pyridine rings is 1. The van der Waals surface area contributed by atoms with E-state index in [9.17, 15) is 4.79 Å². The zero-order valence-electron chi connectivity index (χ0n) is 12.6. The normalized spacial score (nSPS) is 16.9. The molecule has 1 aromatic heterocycles. The number of aromatic nitrogens is 1. The van der Waals surface area contributed by atoms with Gasteiger partial charge in [-0.3, -0.25) is 4.79 Å². The second kappa shape index (κ2) is 6.15. The largest absolute Gasteiger partial charge is 0.384 e. The van der Waals surface area contributed by atoms with Gasteiger partial charge in [-0.05, 0) is 22.8 Å². The monoisotopic (exact) mass is 296 g/mol. The number of nitrogen functional groups attached to an aromatic ring is 1. The molecule has 0 saturated heterocycles. The number of anilines is 1. The number of likely N-dealkylation sites (N-methyl/N-ethyl adjacent to an activating group) is 1. The minimum Gasteiger partial charge on any atom is -0.384 e. The first-order valence-electron chi connectivity index (χ1n) is 7.39. The summed E-state index contributed by atoms with van der Waals surface area (Å²) in [6.07, 6.45) is 1.71. The fraction of sp³-hybridized carbons (Fsp3) is 0.294. The number of amides is 1. The van der Waals surface area contributed by atoms with Crippen molar-refractivity contribution in [1.29, 1.82) is 0 Å². The van der Waals surface area contributed by atoms with Crippen LogP contribution < -0.4 is 11.1 Å². The molecular formula is C17H20N4O. The van der Waals surface area contributed by atoms with Crippen molar-refractivity contribution in [3.63, 3.8) is 0 Å². The number of hydrogen-bond donors (Lipinski definition) is 2. The van der Waals surface area contributed by atoms with Gasteiger partial charge in [0.1, 0.15) is 5.82 Å². The third-order valence-electron chi connectivity index (χ3n) is 4.04. The Kier molecular flexibility index (Phi) is 4.06. The molecule has 5 nitrogen and oxygen atoms in total. The molecule has 3 rings (SSSR count). The number of carbonyl (C=O) groups is 1. The number of nitrogens with two attached hydrogens (primary N) is 1. The molecule has 22 heavy (non-hydrogen) atoms. The van der Waals surface area contributed by atoms with Gasteiger partial charge in [0, 0.05) is 32.9 Å². The Balaban J connectivity index is 1.75. The van der Waals surface area contributed by atoms with Crippen LogP contribution in [0.1, 0.15) is 22.6 Å². The first-order valence-corrected chi connectivity index (χ1v) is 7.39. The van der Waals surface area contributed by atoms with E-state index in [1.807, 2.05) is 25.2 Å². The van der Waals surface area contributed by atoms with Gasteiger partial charge in [-0.1, -0.05) is 30.3 Å². The summed E-state index contributed by atoms with van der Waals surface area (Å²) in [5.74, 6) is 0.483. The molecular weight excluding hydrogens is 276 g/mol. The highest BCUT2D eigenvalue weighted by Gasteiger charge is 2.28. The SMILES string of the molecule is CN(Cc1ccc(N)nc1)C(=O)C1CNCc2ccccc21. The van der Waals surface area contributed by atoms with Crippen molar-refractivity contribution >= 4 is 11.7 Å². The maximum Gasteiger partial charge on any atom is 0.231 e. The van der Waals surface area contributed by atoms with Gasteiger partial charge in [0.2, 0.25) is 5.91 Å². The van der Waals surface area contributed by atoms with Crippen LogP contribution in [0.25, 0.3) is 0 Å². The smallest absolute Gasteiger partial charge is 0.231 e. The van der Waals surface area contributed by atoms with E-state index >= 15 is 0 Å². The van der Waals surface area contributed by atoms with Gasteiger partial charge in [-0.25, -0.2) is 4.98 Å². The van der Waals surface area contributed by atoms with E-state index in [0.717, 1.165) is 17.7 Å². The molecule has 0 radical (unpaired) electrons. The molecule has 1 aliphatic rings. The van der Waals surface area contributed by atoms with Crippen molar-refractivity contribution in [2.75, 3.05) is 19.3 Å². The van der Waals surface area contributed by atoms with Gasteiger partial charge in [-0.15, -0.1) is 0 Å². The Morgan fingerprint density at radius 3 is 2.95 bits per heavy atom. The number of nitrogens with one attached hydrogen (secondary N) is 1. The molecule has 114 valence electrons. The number of benzene rings is 1. The Bertz CT molecular complexity index is 669. The van der Waals surface area contributed by atoms with Crippen molar-refractivity contribution in [3.05, 3.63) is 59.3 Å². The Hall–Kier alpha value is -2.40. The fourth-order valence-corrected chi connectivity index (χ4v) is 2.86. The van der Waals surface area contributed by atoms with Crippen molar-refractivity contribution in [3.8, 4) is 0 Å². The van der Waals surface area contributed by atoms with E-state index in [0.29, 0.717) is 18.9 Å². The number of carbonyl (C=O) groups excluding carboxylic acids is 1. The third-order valence-corrected chi connectivity index (χ3v) is 4.04. The molecule has 1 unspecified atom stereocenters. The van der Waals surface area contributed by atoms with Crippen LogP contribution in [0.5, 0.6) is 0 Å². The predicted octanol–water partition coefficient (Wildman–Crippen LogP) is 1.51. The van der Waals surface area contributed by atoms with Gasteiger partial charge < -0.3 is 16.0 Å². The van der Waals surface area contributed by atoms with E-state index in [1.54, 1.807) is 17.2 Å². The van der Waals surface area contributed by atoms with Gasteiger partial charge in [0.25, 0.3) is 0 Å². The van der Waals surface area contributed by atoms with E-state index in [4.69, 9.17) is 5.73 Å². The van der Waals surface area contributed by atoms with Crippen molar-refractivity contribution in [2.45, 2.75) is 19.0 Å². The lowest BCUT2D eigenvalue weighted by Gasteiger charge is -2.29. The molecule has 1 amide bonds. The van der Waals surface area contributed by atoms with Crippen LogP contribution in [0.15, 0.2) is 42.6 Å². The molecule has 0 spiro atoms. The van der Waals surface area contributed by atoms with Crippen molar-refractivity contribution in [1.82, 2.24) is 15.2 Å². The second-order valence-corrected chi connectivity index (χ2v) is 5.67. The van der Waals surface area contributed by atoms with Crippen LogP contribution >= 0.6 is 0 Å². The van der Waals surface area contributed by atoms with E-state index in [-0.39, 0.29) is 11.8 Å². The molecule has 1 aromatic carbocycles. The molecule has 0 fully saturated rings. The van der Waals surface area contributed by atoms with Crippen LogP contribution in [0.2, 0.25) is 0 Å². The topological polar surface area (TPSA) is 71.2 Å². The molecule has 2 heterocycles. The molecule has 0 bridgehead atoms. The summed E-state index contributed by atoms with van der Waals surface area (Å²) in [5.41, 5.74) is 8.90. The average Bonchev–Trinajstić information content (AvgIpc) is 2.55. The molecule has 5 heteroatoms. The van der Waals surface area contributed by atoms with Gasteiger partial charge >= 0.3 is 0 Å². The first-order chi connectivity index (χ1) is 10.6. The molecule has 2 aromatic rings. The van der Waals surface area contributed by atoms with Gasteiger partial charge in [0.15, 0.2) is 0 Å². The van der Waals surface area contributed by atoms with Gasteiger partial charge in [-0.2, -0.15) is 0 Å². The summed E-state index contributed by atoms with van der Waals surface area (Å²) in [7, 11) is 1.83. The zero-order chi connectivity index (χ0) is 15.5. The summed E-state index contributed by atoms with van der Waals surface area (Å²) < 4.78 is 0. The maximum absolute atomic E-state index is 12.8. The number of fused-ring (bicyclic) bond motifs is 1. The minimum absolute atomic E-state index is 0.122. The van der Waals surface area contributed by atoms with Crippen molar-refractivity contribution < 1.29 is 4.79 Å². The highest BCUT2D eigenvalue weighted by Crippen LogP contribution is 2.25. The number of rotatable bonds is 3. The van der Waals surface area contributed by atoms with Crippen LogP contribution in [-0.4, -0.2) is 29.4 Å². The summed E-state index contributed by atoms with van der Waals surface area (Å²) in [5, 5.41) is 3.32. The molecule has 0 aliphatic carbocycles. The molecule has 1 atom stereocenters. The molecule has 1 aliphatic heterocycles. The van der Waals surface area contributed by atoms with Crippen LogP contribution in [0, 0.1) is 0 Å². The second-order valence-electron chi connectivity index (χ2n) is 5.67. The Morgan fingerprint density at radius 2 is 2.18 bits per heavy atom. The summed E-state index contributed by atoms with van der Waals surface area (Å²) >= 11 is 0. The summed E-state index contributed by atoms with van der Waals surface area (Å²) in [6, 6.07) is 11.8. The lowest BCUT2D eigenvalue weighted by Crippen LogP contribution is -2.39. The van der Waals surface area contributed by atoms with Crippen molar-refractivity contribution in [2.24, 2.45) is 0 Å². The highest BCUT2D eigenvalue weighted by atomic mass is 16.2. The first kappa shape index (κ1) is 14.5. The average molecular weight is 296 g/mol. The standard InChI is InChI=1S/C17H20N4O/c1-21(11-12-6-7-16(18)20-8-12)17(22)15-10-19-9-13-4-2-3-5-14(13)15/h2-8,15,19H,9-11H2,1H3,(H2,18,20). The summed E-state index contributed by atoms with van der Waals surface area (Å²) in [4.78, 5) is 18.6. The molecule has 0 saturated carbocycles. The lowest BCUT2D eigenvalue weighted by molar-refractivity contribution is -0.132. The van der Waals surface area contributed by atoms with Gasteiger partial charge in [0.05, 0.1) is 5.92 Å². The molecule has 3 N–H and O–H groups in total. The third kappa shape index (κ3) is 2.94. The Labute approximate surface area is 130 Å². The van der Waals surface area contributed by atoms with E-state index < -0.39 is 0 Å². The minimum atomic E-state index is -0.128. The van der Waals surface area contributed by atoms with Crippen LogP contribution in [0.4, 0.5) is 5.82 Å². The quantitative estimate of drug-likeness (QED) is 0.900. The van der Waals surface area contributed by atoms with Crippen LogP contribution in [0.3, 0.4) is 0 Å². The Morgan fingerprint density at radius 1 is 1.36 bits per heavy atom. The maximum atomic E-state index is 12.8. The highest BCUT2D eigenvalue weighted by molar-refractivity contribution is 5.84. The number of nitrogens with zero attached hydrogens (tertiary/aromatic N) is 2. The predicted molar refractivity (Wildman–Crippen MR) is 86.0 cm³/mol.